The molecule has 136 valence electrons. The molecule has 7 nitrogen and oxygen atoms in total. The predicted molar refractivity (Wildman–Crippen MR) is 96.4 cm³/mol. The molecule has 2 N–H and O–H groups in total. The summed E-state index contributed by atoms with van der Waals surface area (Å²) in [6.07, 6.45) is 1.40. The van der Waals surface area contributed by atoms with Crippen LogP contribution in [-0.4, -0.2) is 41.1 Å². The zero-order chi connectivity index (χ0) is 18.4. The summed E-state index contributed by atoms with van der Waals surface area (Å²) in [6, 6.07) is 11.9. The largest absolute Gasteiger partial charge is 0.467 e. The third-order valence-corrected chi connectivity index (χ3v) is 4.84. The first-order chi connectivity index (χ1) is 12.6. The predicted octanol–water partition coefficient (Wildman–Crippen LogP) is 2.00. The van der Waals surface area contributed by atoms with Crippen molar-refractivity contribution in [1.29, 1.82) is 0 Å². The Kier molecular flexibility index (Phi) is 5.96. The van der Waals surface area contributed by atoms with Gasteiger partial charge >= 0.3 is 6.03 Å². The first-order valence-electron chi connectivity index (χ1n) is 8.22. The third kappa shape index (κ3) is 4.66. The normalized spacial score (nSPS) is 16.6. The smallest absolute Gasteiger partial charge is 0.325 e. The van der Waals surface area contributed by atoms with Gasteiger partial charge in [-0.15, -0.1) is 11.8 Å². The van der Waals surface area contributed by atoms with E-state index in [0.29, 0.717) is 12.3 Å². The highest BCUT2D eigenvalue weighted by molar-refractivity contribution is 7.99. The number of rotatable bonds is 8. The monoisotopic (exact) mass is 373 g/mol. The van der Waals surface area contributed by atoms with Gasteiger partial charge in [-0.25, -0.2) is 4.79 Å². The minimum Gasteiger partial charge on any atom is -0.467 e. The molecule has 8 heteroatoms. The number of benzene rings is 1. The molecule has 0 spiro atoms. The molecular formula is C18H19N3O4S. The van der Waals surface area contributed by atoms with Crippen LogP contribution in [0, 0.1) is 0 Å². The molecule has 0 aliphatic carbocycles. The topological polar surface area (TPSA) is 91.7 Å². The van der Waals surface area contributed by atoms with Crippen molar-refractivity contribution in [2.75, 3.05) is 12.3 Å². The second-order valence-corrected chi connectivity index (χ2v) is 6.89. The first-order valence-corrected chi connectivity index (χ1v) is 9.21. The van der Waals surface area contributed by atoms with Crippen molar-refractivity contribution in [3.05, 3.63) is 54.5 Å². The molecule has 2 heterocycles. The molecule has 1 fully saturated rings. The highest BCUT2D eigenvalue weighted by Crippen LogP contribution is 2.16. The average molecular weight is 373 g/mol. The summed E-state index contributed by atoms with van der Waals surface area (Å²) in [6.45, 7) is 0.548. The standard InChI is InChI=1S/C18H19N3O4S/c22-16(19-8-10-26-14-6-2-1-3-7-14)11-15-17(23)21(18(24)20-15)12-13-5-4-9-25-13/h1-7,9,15H,8,10-12H2,(H,19,22)(H,20,24)/t15-/m0/s1. The van der Waals surface area contributed by atoms with Crippen LogP contribution < -0.4 is 10.6 Å². The Morgan fingerprint density at radius 1 is 1.19 bits per heavy atom. The van der Waals surface area contributed by atoms with E-state index in [9.17, 15) is 14.4 Å². The van der Waals surface area contributed by atoms with Gasteiger partial charge in [0.15, 0.2) is 0 Å². The van der Waals surface area contributed by atoms with E-state index in [-0.39, 0.29) is 18.9 Å². The number of hydrogen-bond acceptors (Lipinski definition) is 5. The van der Waals surface area contributed by atoms with Crippen molar-refractivity contribution >= 4 is 29.6 Å². The maximum Gasteiger partial charge on any atom is 0.325 e. The summed E-state index contributed by atoms with van der Waals surface area (Å²) in [7, 11) is 0. The second-order valence-electron chi connectivity index (χ2n) is 5.72. The van der Waals surface area contributed by atoms with Crippen LogP contribution in [0.4, 0.5) is 4.79 Å². The van der Waals surface area contributed by atoms with Crippen LogP contribution >= 0.6 is 11.8 Å². The molecule has 26 heavy (non-hydrogen) atoms. The zero-order valence-electron chi connectivity index (χ0n) is 14.0. The SMILES string of the molecule is O=C(C[C@@H]1NC(=O)N(Cc2ccco2)C1=O)NCCSc1ccccc1. The van der Waals surface area contributed by atoms with E-state index in [1.165, 1.54) is 6.26 Å². The van der Waals surface area contributed by atoms with Crippen molar-refractivity contribution in [3.8, 4) is 0 Å². The lowest BCUT2D eigenvalue weighted by Crippen LogP contribution is -2.37. The van der Waals surface area contributed by atoms with E-state index in [2.05, 4.69) is 10.6 Å². The van der Waals surface area contributed by atoms with Gasteiger partial charge in [0.05, 0.1) is 19.2 Å². The van der Waals surface area contributed by atoms with Gasteiger partial charge in [-0.2, -0.15) is 0 Å². The fraction of sp³-hybridized carbons (Fsp3) is 0.278. The first kappa shape index (κ1) is 18.1. The Bertz CT molecular complexity index is 764. The number of hydrogen-bond donors (Lipinski definition) is 2. The Labute approximate surface area is 155 Å². The molecule has 0 saturated carbocycles. The minimum absolute atomic E-state index is 0.0590. The quantitative estimate of drug-likeness (QED) is 0.419. The summed E-state index contributed by atoms with van der Waals surface area (Å²) >= 11 is 1.64. The summed E-state index contributed by atoms with van der Waals surface area (Å²) in [5.74, 6) is 0.555. The molecule has 2 aromatic rings. The van der Waals surface area contributed by atoms with E-state index >= 15 is 0 Å². The van der Waals surface area contributed by atoms with Crippen molar-refractivity contribution in [3.63, 3.8) is 0 Å². The van der Waals surface area contributed by atoms with Crippen molar-refractivity contribution in [2.45, 2.75) is 23.9 Å². The summed E-state index contributed by atoms with van der Waals surface area (Å²) in [5.41, 5.74) is 0. The number of nitrogens with zero attached hydrogens (tertiary/aromatic N) is 1. The van der Waals surface area contributed by atoms with Gasteiger partial charge in [-0.1, -0.05) is 18.2 Å². The number of carbonyl (C=O) groups is 3. The van der Waals surface area contributed by atoms with Gasteiger partial charge < -0.3 is 15.1 Å². The molecule has 1 aromatic carbocycles. The van der Waals surface area contributed by atoms with E-state index in [1.807, 2.05) is 30.3 Å². The molecule has 1 aromatic heterocycles. The average Bonchev–Trinajstić information content (AvgIpc) is 3.24. The number of furan rings is 1. The molecule has 4 amide bonds. The Hall–Kier alpha value is -2.74. The highest BCUT2D eigenvalue weighted by atomic mass is 32.2. The third-order valence-electron chi connectivity index (χ3n) is 3.83. The molecular weight excluding hydrogens is 354 g/mol. The number of carbonyl (C=O) groups excluding carboxylic acids is 3. The van der Waals surface area contributed by atoms with Gasteiger partial charge in [-0.05, 0) is 24.3 Å². The maximum absolute atomic E-state index is 12.3. The lowest BCUT2D eigenvalue weighted by atomic mass is 10.2. The number of imide groups is 1. The van der Waals surface area contributed by atoms with Gasteiger partial charge in [0.1, 0.15) is 11.8 Å². The van der Waals surface area contributed by atoms with Crippen LogP contribution in [-0.2, 0) is 16.1 Å². The van der Waals surface area contributed by atoms with E-state index in [4.69, 9.17) is 4.42 Å². The van der Waals surface area contributed by atoms with Crippen LogP contribution in [0.25, 0.3) is 0 Å². The number of amides is 4. The fourth-order valence-corrected chi connectivity index (χ4v) is 3.35. The van der Waals surface area contributed by atoms with Gasteiger partial charge in [-0.3, -0.25) is 14.5 Å². The fourth-order valence-electron chi connectivity index (χ4n) is 2.56. The van der Waals surface area contributed by atoms with Crippen molar-refractivity contribution < 1.29 is 18.8 Å². The molecule has 1 aliphatic heterocycles. The molecule has 0 radical (unpaired) electrons. The van der Waals surface area contributed by atoms with Crippen molar-refractivity contribution in [1.82, 2.24) is 15.5 Å². The Morgan fingerprint density at radius 3 is 2.73 bits per heavy atom. The van der Waals surface area contributed by atoms with Crippen LogP contribution in [0.1, 0.15) is 12.2 Å². The number of urea groups is 1. The maximum atomic E-state index is 12.3. The molecule has 0 bridgehead atoms. The number of thioether (sulfide) groups is 1. The van der Waals surface area contributed by atoms with Crippen LogP contribution in [0.2, 0.25) is 0 Å². The molecule has 1 saturated heterocycles. The minimum atomic E-state index is -0.834. The molecule has 0 unspecified atom stereocenters. The summed E-state index contributed by atoms with van der Waals surface area (Å²) in [4.78, 5) is 38.5. The van der Waals surface area contributed by atoms with Gasteiger partial charge in [0.25, 0.3) is 5.91 Å². The van der Waals surface area contributed by atoms with Crippen LogP contribution in [0.5, 0.6) is 0 Å². The zero-order valence-corrected chi connectivity index (χ0v) is 14.8. The van der Waals surface area contributed by atoms with Crippen molar-refractivity contribution in [2.24, 2.45) is 0 Å². The Morgan fingerprint density at radius 2 is 2.00 bits per heavy atom. The molecule has 3 rings (SSSR count). The molecule has 1 aliphatic rings. The van der Waals surface area contributed by atoms with Crippen LogP contribution in [0.15, 0.2) is 58.0 Å². The lowest BCUT2D eigenvalue weighted by Gasteiger charge is -2.11. The van der Waals surface area contributed by atoms with E-state index in [1.54, 1.807) is 23.9 Å². The summed E-state index contributed by atoms with van der Waals surface area (Å²) in [5, 5.41) is 5.32. The molecule has 1 atom stereocenters. The Balaban J connectivity index is 1.41. The highest BCUT2D eigenvalue weighted by Gasteiger charge is 2.39. The van der Waals surface area contributed by atoms with Gasteiger partial charge in [0, 0.05) is 17.2 Å². The van der Waals surface area contributed by atoms with E-state index in [0.717, 1.165) is 15.5 Å². The second kappa shape index (κ2) is 8.57. The number of nitrogens with one attached hydrogen (secondary N) is 2. The van der Waals surface area contributed by atoms with Gasteiger partial charge in [0.2, 0.25) is 5.91 Å². The van der Waals surface area contributed by atoms with E-state index < -0.39 is 18.0 Å². The summed E-state index contributed by atoms with van der Waals surface area (Å²) < 4.78 is 5.15. The van der Waals surface area contributed by atoms with Crippen LogP contribution in [0.3, 0.4) is 0 Å². The lowest BCUT2D eigenvalue weighted by molar-refractivity contribution is -0.131.